The van der Waals surface area contributed by atoms with E-state index >= 15 is 0 Å². The zero-order valence-corrected chi connectivity index (χ0v) is 9.73. The molecule has 0 bridgehead atoms. The summed E-state index contributed by atoms with van der Waals surface area (Å²) < 4.78 is 6.63. The summed E-state index contributed by atoms with van der Waals surface area (Å²) in [6, 6.07) is 1.50. The lowest BCUT2D eigenvalue weighted by atomic mass is 10.3. The second kappa shape index (κ2) is 4.56. The van der Waals surface area contributed by atoms with Crippen LogP contribution in [0.4, 0.5) is 0 Å². The molecule has 0 saturated carbocycles. The van der Waals surface area contributed by atoms with E-state index in [-0.39, 0.29) is 5.69 Å². The van der Waals surface area contributed by atoms with Crippen LogP contribution in [0, 0.1) is 6.92 Å². The van der Waals surface area contributed by atoms with Crippen molar-refractivity contribution in [3.8, 4) is 0 Å². The predicted octanol–water partition coefficient (Wildman–Crippen LogP) is 0.485. The fourth-order valence-electron chi connectivity index (χ4n) is 1.30. The molecule has 2 heterocycles. The van der Waals surface area contributed by atoms with Gasteiger partial charge in [0, 0.05) is 6.07 Å². The topological polar surface area (TPSA) is 99.0 Å². The molecule has 0 fully saturated rings. The van der Waals surface area contributed by atoms with Crippen molar-refractivity contribution in [2.45, 2.75) is 13.5 Å². The fourth-order valence-corrected chi connectivity index (χ4v) is 1.44. The van der Waals surface area contributed by atoms with Crippen LogP contribution in [0.25, 0.3) is 0 Å². The predicted molar refractivity (Wildman–Crippen MR) is 59.2 cm³/mol. The Bertz CT molecular complexity index is 547. The SMILES string of the molecule is Cc1c(Cl)cnn1Cc1cc(C(=O)NN)no1. The van der Waals surface area contributed by atoms with Gasteiger partial charge in [0.1, 0.15) is 6.54 Å². The molecule has 2 aromatic heterocycles. The van der Waals surface area contributed by atoms with Crippen LogP contribution in [0.2, 0.25) is 5.02 Å². The minimum Gasteiger partial charge on any atom is -0.359 e. The summed E-state index contributed by atoms with van der Waals surface area (Å²) >= 11 is 5.86. The highest BCUT2D eigenvalue weighted by molar-refractivity contribution is 6.31. The summed E-state index contributed by atoms with van der Waals surface area (Å²) in [5.74, 6) is 4.96. The van der Waals surface area contributed by atoms with Crippen molar-refractivity contribution in [3.63, 3.8) is 0 Å². The van der Waals surface area contributed by atoms with Gasteiger partial charge in [0.05, 0.1) is 16.9 Å². The van der Waals surface area contributed by atoms with Crippen LogP contribution < -0.4 is 11.3 Å². The number of carbonyl (C=O) groups excluding carboxylic acids is 1. The van der Waals surface area contributed by atoms with E-state index < -0.39 is 5.91 Å². The van der Waals surface area contributed by atoms with Gasteiger partial charge in [0.15, 0.2) is 11.5 Å². The molecule has 0 unspecified atom stereocenters. The average molecular weight is 256 g/mol. The van der Waals surface area contributed by atoms with Crippen molar-refractivity contribution in [2.24, 2.45) is 5.84 Å². The summed E-state index contributed by atoms with van der Waals surface area (Å²) in [5.41, 5.74) is 2.91. The van der Waals surface area contributed by atoms with Crippen LogP contribution in [-0.4, -0.2) is 20.8 Å². The van der Waals surface area contributed by atoms with E-state index in [0.717, 1.165) is 5.69 Å². The quantitative estimate of drug-likeness (QED) is 0.472. The van der Waals surface area contributed by atoms with Gasteiger partial charge in [-0.15, -0.1) is 0 Å². The van der Waals surface area contributed by atoms with Gasteiger partial charge in [0.25, 0.3) is 5.91 Å². The monoisotopic (exact) mass is 255 g/mol. The first-order chi connectivity index (χ1) is 8.11. The molecule has 0 atom stereocenters. The zero-order chi connectivity index (χ0) is 12.4. The largest absolute Gasteiger partial charge is 0.359 e. The molecule has 1 amide bonds. The number of nitrogens with two attached hydrogens (primary N) is 1. The molecule has 8 heteroatoms. The van der Waals surface area contributed by atoms with E-state index in [0.29, 0.717) is 17.3 Å². The van der Waals surface area contributed by atoms with Crippen LogP contribution in [0.15, 0.2) is 16.8 Å². The van der Waals surface area contributed by atoms with E-state index in [2.05, 4.69) is 10.3 Å². The number of rotatable bonds is 3. The molecule has 7 nitrogen and oxygen atoms in total. The number of halogens is 1. The highest BCUT2D eigenvalue weighted by atomic mass is 35.5. The molecule has 0 spiro atoms. The Labute approximate surface area is 101 Å². The van der Waals surface area contributed by atoms with Crippen LogP contribution in [-0.2, 0) is 6.54 Å². The molecule has 0 aliphatic carbocycles. The Morgan fingerprint density at radius 2 is 2.47 bits per heavy atom. The maximum Gasteiger partial charge on any atom is 0.287 e. The normalized spacial score (nSPS) is 10.5. The number of nitrogen functional groups attached to an aromatic ring is 1. The van der Waals surface area contributed by atoms with Crippen LogP contribution in [0.1, 0.15) is 21.9 Å². The third kappa shape index (κ3) is 2.29. The number of hydrazine groups is 1. The van der Waals surface area contributed by atoms with Crippen LogP contribution >= 0.6 is 11.6 Å². The molecule has 0 aliphatic heterocycles. The van der Waals surface area contributed by atoms with Crippen LogP contribution in [0.5, 0.6) is 0 Å². The van der Waals surface area contributed by atoms with Crippen LogP contribution in [0.3, 0.4) is 0 Å². The van der Waals surface area contributed by atoms with Crippen molar-refractivity contribution in [2.75, 3.05) is 0 Å². The molecular weight excluding hydrogens is 246 g/mol. The standard InChI is InChI=1S/C9H10ClN5O2/c1-5-7(10)3-12-15(5)4-6-2-8(14-17-6)9(16)13-11/h2-3H,4,11H2,1H3,(H,13,16). The average Bonchev–Trinajstić information content (AvgIpc) is 2.91. The molecule has 90 valence electrons. The minimum atomic E-state index is -0.504. The van der Waals surface area contributed by atoms with Crippen molar-refractivity contribution in [1.82, 2.24) is 20.4 Å². The highest BCUT2D eigenvalue weighted by Gasteiger charge is 2.13. The lowest BCUT2D eigenvalue weighted by molar-refractivity contribution is 0.0944. The van der Waals surface area contributed by atoms with Gasteiger partial charge >= 0.3 is 0 Å². The summed E-state index contributed by atoms with van der Waals surface area (Å²) in [5, 5.41) is 8.21. The lowest BCUT2D eigenvalue weighted by Crippen LogP contribution is -2.30. The summed E-state index contributed by atoms with van der Waals surface area (Å²) in [4.78, 5) is 11.1. The first-order valence-electron chi connectivity index (χ1n) is 4.76. The number of hydrogen-bond donors (Lipinski definition) is 2. The first-order valence-corrected chi connectivity index (χ1v) is 5.14. The molecule has 2 aromatic rings. The Hall–Kier alpha value is -1.86. The molecule has 17 heavy (non-hydrogen) atoms. The summed E-state index contributed by atoms with van der Waals surface area (Å²) in [6.45, 7) is 2.18. The minimum absolute atomic E-state index is 0.124. The lowest BCUT2D eigenvalue weighted by Gasteiger charge is -1.99. The van der Waals surface area contributed by atoms with Gasteiger partial charge in [-0.2, -0.15) is 5.10 Å². The molecular formula is C9H10ClN5O2. The maximum absolute atomic E-state index is 11.1. The molecule has 0 radical (unpaired) electrons. The first kappa shape index (κ1) is 11.6. The van der Waals surface area contributed by atoms with Gasteiger partial charge in [-0.05, 0) is 6.92 Å². The zero-order valence-electron chi connectivity index (χ0n) is 8.98. The Balaban J connectivity index is 2.17. The smallest absolute Gasteiger partial charge is 0.287 e. The van der Waals surface area contributed by atoms with Crippen molar-refractivity contribution < 1.29 is 9.32 Å². The van der Waals surface area contributed by atoms with Crippen molar-refractivity contribution >= 4 is 17.5 Å². The number of amides is 1. The van der Waals surface area contributed by atoms with E-state index in [1.165, 1.54) is 6.07 Å². The molecule has 2 rings (SSSR count). The maximum atomic E-state index is 11.1. The molecule has 0 aliphatic rings. The number of aromatic nitrogens is 3. The van der Waals surface area contributed by atoms with Gasteiger partial charge in [-0.25, -0.2) is 5.84 Å². The van der Waals surface area contributed by atoms with Gasteiger partial charge in [-0.1, -0.05) is 16.8 Å². The van der Waals surface area contributed by atoms with Crippen molar-refractivity contribution in [3.05, 3.63) is 34.4 Å². The highest BCUT2D eigenvalue weighted by Crippen LogP contribution is 2.15. The van der Waals surface area contributed by atoms with E-state index in [9.17, 15) is 4.79 Å². The number of nitrogens with zero attached hydrogens (tertiary/aromatic N) is 3. The number of nitrogens with one attached hydrogen (secondary N) is 1. The fraction of sp³-hybridized carbons (Fsp3) is 0.222. The third-order valence-corrected chi connectivity index (χ3v) is 2.64. The van der Waals surface area contributed by atoms with E-state index in [4.69, 9.17) is 22.0 Å². The summed E-state index contributed by atoms with van der Waals surface area (Å²) in [6.07, 6.45) is 1.54. The van der Waals surface area contributed by atoms with Gasteiger partial charge in [-0.3, -0.25) is 14.9 Å². The third-order valence-electron chi connectivity index (χ3n) is 2.27. The summed E-state index contributed by atoms with van der Waals surface area (Å²) in [7, 11) is 0. The Kier molecular flexibility index (Phi) is 3.12. The second-order valence-corrected chi connectivity index (χ2v) is 3.79. The van der Waals surface area contributed by atoms with Crippen molar-refractivity contribution in [1.29, 1.82) is 0 Å². The van der Waals surface area contributed by atoms with Gasteiger partial charge in [0.2, 0.25) is 0 Å². The second-order valence-electron chi connectivity index (χ2n) is 3.39. The number of carbonyl (C=O) groups is 1. The van der Waals surface area contributed by atoms with E-state index in [1.807, 2.05) is 12.3 Å². The van der Waals surface area contributed by atoms with E-state index in [1.54, 1.807) is 10.9 Å². The molecule has 3 N–H and O–H groups in total. The Morgan fingerprint density at radius 3 is 3.06 bits per heavy atom. The van der Waals surface area contributed by atoms with Gasteiger partial charge < -0.3 is 4.52 Å². The molecule has 0 aromatic carbocycles. The Morgan fingerprint density at radius 1 is 1.71 bits per heavy atom. The number of hydrogen-bond acceptors (Lipinski definition) is 5. The molecule has 0 saturated heterocycles.